The van der Waals surface area contributed by atoms with Crippen LogP contribution in [0, 0.1) is 0 Å². The van der Waals surface area contributed by atoms with Crippen LogP contribution in [0.2, 0.25) is 0 Å². The number of fused-ring (bicyclic) bond motifs is 1. The smallest absolute Gasteiger partial charge is 0.265 e. The van der Waals surface area contributed by atoms with Crippen LogP contribution in [0.5, 0.6) is 5.75 Å². The van der Waals surface area contributed by atoms with E-state index in [1.54, 1.807) is 24.4 Å². The first-order valence-electron chi connectivity index (χ1n) is 11.7. The third kappa shape index (κ3) is 5.32. The number of nitrogens with two attached hydrogens (primary N) is 2. The van der Waals surface area contributed by atoms with Crippen molar-refractivity contribution in [2.24, 2.45) is 5.73 Å². The summed E-state index contributed by atoms with van der Waals surface area (Å²) in [4.78, 5) is 32.8. The maximum Gasteiger partial charge on any atom is 0.265 e. The van der Waals surface area contributed by atoms with E-state index < -0.39 is 5.91 Å². The first kappa shape index (κ1) is 23.0. The Bertz CT molecular complexity index is 1240. The Morgan fingerprint density at radius 3 is 2.69 bits per heavy atom. The van der Waals surface area contributed by atoms with Crippen molar-refractivity contribution < 1.29 is 24.4 Å². The summed E-state index contributed by atoms with van der Waals surface area (Å²) in [6, 6.07) is 16.9. The van der Waals surface area contributed by atoms with Crippen LogP contribution in [0.3, 0.4) is 0 Å². The average Bonchev–Trinajstić information content (AvgIpc) is 2.89. The highest BCUT2D eigenvalue weighted by Crippen LogP contribution is 2.36. The summed E-state index contributed by atoms with van der Waals surface area (Å²) < 4.78 is 11.1. The molecular formula is C26H28N5O4+. The Balaban J connectivity index is 1.37. The molecule has 1 saturated heterocycles. The number of hydrogen-bond donors (Lipinski definition) is 2. The summed E-state index contributed by atoms with van der Waals surface area (Å²) in [6.45, 7) is 4.65. The van der Waals surface area contributed by atoms with Gasteiger partial charge in [0.2, 0.25) is 11.7 Å². The Hall–Kier alpha value is -3.79. The van der Waals surface area contributed by atoms with Crippen molar-refractivity contribution in [3.05, 3.63) is 66.4 Å². The second kappa shape index (κ2) is 10.2. The molecule has 3 aromatic rings. The highest BCUT2D eigenvalue weighted by molar-refractivity contribution is 5.98. The molecule has 0 bridgehead atoms. The van der Waals surface area contributed by atoms with Crippen LogP contribution in [0.25, 0.3) is 11.1 Å². The minimum Gasteiger partial charge on any atom is -0.482 e. The number of rotatable bonds is 7. The highest BCUT2D eigenvalue weighted by Gasteiger charge is 2.26. The fourth-order valence-corrected chi connectivity index (χ4v) is 4.35. The number of hydrogen-bond acceptors (Lipinski definition) is 6. The van der Waals surface area contributed by atoms with Crippen LogP contribution in [0.1, 0.15) is 10.4 Å². The topological polar surface area (TPSA) is 115 Å². The minimum atomic E-state index is -0.467. The Labute approximate surface area is 203 Å². The molecule has 35 heavy (non-hydrogen) atoms. The van der Waals surface area contributed by atoms with Crippen molar-refractivity contribution in [1.29, 1.82) is 0 Å². The first-order chi connectivity index (χ1) is 17.1. The predicted octanol–water partition coefficient (Wildman–Crippen LogP) is 1.43. The standard InChI is InChI=1S/C26H27N5O4/c27-26(33)20-2-1-3-21(14-20)29-24-16-19(6-7-28-24)18-4-5-23-22(15-18)31(25(32)17-35-23)9-8-30-10-12-34-13-11-30/h1-7,14-16H,8-13,17H2,(H2,27,33)(H,28,29)/p+1. The summed E-state index contributed by atoms with van der Waals surface area (Å²) in [5, 5.41) is 1.90. The number of carbonyl (C=O) groups is 2. The SMILES string of the molecule is NC(=O)c1cccc([NH2+]c2cc(-c3ccc4c(c3)N(CCN3CCOCC3)C(=O)CO4)ccn2)c1. The van der Waals surface area contributed by atoms with E-state index in [1.807, 2.05) is 46.6 Å². The Morgan fingerprint density at radius 1 is 1.03 bits per heavy atom. The third-order valence-corrected chi connectivity index (χ3v) is 6.25. The van der Waals surface area contributed by atoms with Gasteiger partial charge in [-0.25, -0.2) is 4.98 Å². The molecular weight excluding hydrogens is 446 g/mol. The quantitative estimate of drug-likeness (QED) is 0.501. The van der Waals surface area contributed by atoms with Gasteiger partial charge in [0.15, 0.2) is 6.61 Å². The van der Waals surface area contributed by atoms with Crippen molar-refractivity contribution in [2.45, 2.75) is 0 Å². The fourth-order valence-electron chi connectivity index (χ4n) is 4.35. The Kier molecular flexibility index (Phi) is 6.71. The number of aromatic nitrogens is 1. The van der Waals surface area contributed by atoms with Gasteiger partial charge in [0.1, 0.15) is 11.4 Å². The van der Waals surface area contributed by atoms with Gasteiger partial charge in [-0.05, 0) is 41.5 Å². The largest absolute Gasteiger partial charge is 0.482 e. The molecule has 9 heteroatoms. The van der Waals surface area contributed by atoms with E-state index >= 15 is 0 Å². The molecule has 3 heterocycles. The number of morpholine rings is 1. The lowest BCUT2D eigenvalue weighted by Crippen LogP contribution is -2.71. The molecule has 180 valence electrons. The van der Waals surface area contributed by atoms with Gasteiger partial charge in [-0.2, -0.15) is 0 Å². The molecule has 0 unspecified atom stereocenters. The molecule has 2 aromatic carbocycles. The molecule has 0 radical (unpaired) electrons. The van der Waals surface area contributed by atoms with Crippen LogP contribution in [0.4, 0.5) is 17.2 Å². The van der Waals surface area contributed by atoms with E-state index in [9.17, 15) is 9.59 Å². The van der Waals surface area contributed by atoms with Gasteiger partial charge in [-0.15, -0.1) is 0 Å². The first-order valence-corrected chi connectivity index (χ1v) is 11.7. The van der Waals surface area contributed by atoms with Gasteiger partial charge in [0, 0.05) is 50.1 Å². The van der Waals surface area contributed by atoms with Gasteiger partial charge >= 0.3 is 0 Å². The van der Waals surface area contributed by atoms with E-state index in [1.165, 1.54) is 0 Å². The van der Waals surface area contributed by atoms with E-state index in [4.69, 9.17) is 15.2 Å². The number of anilines is 1. The van der Waals surface area contributed by atoms with Crippen molar-refractivity contribution in [3.8, 4) is 16.9 Å². The average molecular weight is 475 g/mol. The summed E-state index contributed by atoms with van der Waals surface area (Å²) >= 11 is 0. The van der Waals surface area contributed by atoms with E-state index in [-0.39, 0.29) is 12.5 Å². The molecule has 2 aliphatic rings. The maximum atomic E-state index is 12.7. The fraction of sp³-hybridized carbons (Fsp3) is 0.269. The number of benzene rings is 2. The number of amides is 2. The molecule has 0 spiro atoms. The van der Waals surface area contributed by atoms with Crippen LogP contribution in [0.15, 0.2) is 60.8 Å². The number of nitrogens with zero attached hydrogens (tertiary/aromatic N) is 3. The zero-order valence-electron chi connectivity index (χ0n) is 19.4. The minimum absolute atomic E-state index is 0.0407. The number of ether oxygens (including phenoxy) is 2. The van der Waals surface area contributed by atoms with E-state index in [0.717, 1.165) is 61.2 Å². The molecule has 9 nitrogen and oxygen atoms in total. The lowest BCUT2D eigenvalue weighted by Gasteiger charge is -2.33. The van der Waals surface area contributed by atoms with Gasteiger partial charge in [-0.1, -0.05) is 12.1 Å². The van der Waals surface area contributed by atoms with Crippen molar-refractivity contribution in [3.63, 3.8) is 0 Å². The molecule has 0 saturated carbocycles. The monoisotopic (exact) mass is 474 g/mol. The van der Waals surface area contributed by atoms with Crippen LogP contribution >= 0.6 is 0 Å². The third-order valence-electron chi connectivity index (χ3n) is 6.25. The summed E-state index contributed by atoms with van der Waals surface area (Å²) in [5.41, 5.74) is 9.39. The number of pyridine rings is 1. The maximum absolute atomic E-state index is 12.7. The molecule has 5 rings (SSSR count). The second-order valence-electron chi connectivity index (χ2n) is 8.57. The van der Waals surface area contributed by atoms with Gasteiger partial charge in [-0.3, -0.25) is 19.8 Å². The number of quaternary nitrogens is 1. The molecule has 1 aromatic heterocycles. The molecule has 4 N–H and O–H groups in total. The molecule has 2 amide bonds. The van der Waals surface area contributed by atoms with Crippen LogP contribution in [-0.2, 0) is 9.53 Å². The van der Waals surface area contributed by atoms with E-state index in [0.29, 0.717) is 17.9 Å². The lowest BCUT2D eigenvalue weighted by molar-refractivity contribution is -0.482. The predicted molar refractivity (Wildman–Crippen MR) is 131 cm³/mol. The number of primary amides is 1. The summed E-state index contributed by atoms with van der Waals surface area (Å²) in [5.74, 6) is 0.949. The van der Waals surface area contributed by atoms with Gasteiger partial charge in [0.25, 0.3) is 5.91 Å². The molecule has 1 fully saturated rings. The van der Waals surface area contributed by atoms with Crippen molar-refractivity contribution in [1.82, 2.24) is 9.88 Å². The normalized spacial score (nSPS) is 16.0. The second-order valence-corrected chi connectivity index (χ2v) is 8.57. The Morgan fingerprint density at radius 2 is 1.86 bits per heavy atom. The zero-order chi connectivity index (χ0) is 24.2. The summed E-state index contributed by atoms with van der Waals surface area (Å²) in [7, 11) is 0. The van der Waals surface area contributed by atoms with Crippen LogP contribution in [-0.4, -0.2) is 67.7 Å². The van der Waals surface area contributed by atoms with E-state index in [2.05, 4.69) is 9.88 Å². The molecule has 0 aliphatic carbocycles. The molecule has 0 atom stereocenters. The van der Waals surface area contributed by atoms with Gasteiger partial charge < -0.3 is 20.1 Å². The molecule has 2 aliphatic heterocycles. The summed E-state index contributed by atoms with van der Waals surface area (Å²) in [6.07, 6.45) is 1.75. The lowest BCUT2D eigenvalue weighted by atomic mass is 10.0. The van der Waals surface area contributed by atoms with Gasteiger partial charge in [0.05, 0.1) is 18.9 Å². The van der Waals surface area contributed by atoms with Crippen LogP contribution < -0.4 is 20.7 Å². The highest BCUT2D eigenvalue weighted by atomic mass is 16.5. The zero-order valence-corrected chi connectivity index (χ0v) is 19.4. The van der Waals surface area contributed by atoms with Crippen molar-refractivity contribution in [2.75, 3.05) is 50.9 Å². The van der Waals surface area contributed by atoms with Crippen molar-refractivity contribution >= 4 is 29.0 Å². The number of carbonyl (C=O) groups excluding carboxylic acids is 2.